The largest absolute Gasteiger partial charge is 0.417 e. The standard InChI is InChI=1S/C17H10Cl3F3O/c1-9-2-3-10(6-15(9)20)16(24)8-14(17(21,22)23)11-4-12(18)7-13(19)5-11/h2-8H,1H3. The Balaban J connectivity index is 2.53. The van der Waals surface area contributed by atoms with Gasteiger partial charge in [0.2, 0.25) is 0 Å². The van der Waals surface area contributed by atoms with Crippen molar-refractivity contribution in [3.8, 4) is 0 Å². The predicted molar refractivity (Wildman–Crippen MR) is 91.0 cm³/mol. The molecule has 0 amide bonds. The van der Waals surface area contributed by atoms with E-state index in [1.807, 2.05) is 0 Å². The molecule has 2 rings (SSSR count). The number of hydrogen-bond acceptors (Lipinski definition) is 1. The van der Waals surface area contributed by atoms with Gasteiger partial charge in [-0.3, -0.25) is 4.79 Å². The van der Waals surface area contributed by atoms with Crippen molar-refractivity contribution < 1.29 is 18.0 Å². The van der Waals surface area contributed by atoms with E-state index in [0.29, 0.717) is 11.1 Å². The maximum Gasteiger partial charge on any atom is 0.417 e. The van der Waals surface area contributed by atoms with E-state index in [0.717, 1.165) is 17.7 Å². The van der Waals surface area contributed by atoms with Crippen molar-refractivity contribution in [1.82, 2.24) is 0 Å². The van der Waals surface area contributed by atoms with Gasteiger partial charge in [0.1, 0.15) is 0 Å². The molecule has 0 saturated heterocycles. The molecule has 0 bridgehead atoms. The number of aryl methyl sites for hydroxylation is 1. The smallest absolute Gasteiger partial charge is 0.289 e. The topological polar surface area (TPSA) is 17.1 Å². The van der Waals surface area contributed by atoms with Crippen LogP contribution in [-0.4, -0.2) is 12.0 Å². The summed E-state index contributed by atoms with van der Waals surface area (Å²) in [7, 11) is 0. The van der Waals surface area contributed by atoms with Gasteiger partial charge in [0, 0.05) is 20.6 Å². The molecule has 24 heavy (non-hydrogen) atoms. The van der Waals surface area contributed by atoms with Gasteiger partial charge in [0.15, 0.2) is 5.78 Å². The molecule has 0 fully saturated rings. The SMILES string of the molecule is Cc1ccc(C(=O)C=C(c2cc(Cl)cc(Cl)c2)C(F)(F)F)cc1Cl. The average molecular weight is 394 g/mol. The van der Waals surface area contributed by atoms with E-state index in [-0.39, 0.29) is 21.2 Å². The Labute approximate surface area is 151 Å². The van der Waals surface area contributed by atoms with Crippen molar-refractivity contribution >= 4 is 46.2 Å². The Bertz CT molecular complexity index is 806. The van der Waals surface area contributed by atoms with Crippen LogP contribution in [0.15, 0.2) is 42.5 Å². The summed E-state index contributed by atoms with van der Waals surface area (Å²) in [6.07, 6.45) is -4.23. The van der Waals surface area contributed by atoms with Crippen molar-refractivity contribution in [2.75, 3.05) is 0 Å². The molecule has 0 heterocycles. The second kappa shape index (κ2) is 7.18. The van der Waals surface area contributed by atoms with Gasteiger partial charge in [-0.1, -0.05) is 46.9 Å². The Kier molecular flexibility index (Phi) is 5.63. The van der Waals surface area contributed by atoms with Crippen LogP contribution >= 0.6 is 34.8 Å². The van der Waals surface area contributed by atoms with Gasteiger partial charge < -0.3 is 0 Å². The Morgan fingerprint density at radius 2 is 1.54 bits per heavy atom. The number of allylic oxidation sites excluding steroid dienone is 2. The number of carbonyl (C=O) groups excluding carboxylic acids is 1. The molecular formula is C17H10Cl3F3O. The number of alkyl halides is 3. The molecule has 1 nitrogen and oxygen atoms in total. The molecule has 0 aliphatic heterocycles. The lowest BCUT2D eigenvalue weighted by Crippen LogP contribution is -2.13. The number of hydrogen-bond donors (Lipinski definition) is 0. The summed E-state index contributed by atoms with van der Waals surface area (Å²) in [6, 6.07) is 7.81. The van der Waals surface area contributed by atoms with Gasteiger partial charge in [-0.05, 0) is 48.4 Å². The van der Waals surface area contributed by atoms with Gasteiger partial charge in [-0.2, -0.15) is 13.2 Å². The van der Waals surface area contributed by atoms with Crippen LogP contribution in [0.3, 0.4) is 0 Å². The molecule has 0 aliphatic carbocycles. The van der Waals surface area contributed by atoms with Gasteiger partial charge in [-0.25, -0.2) is 0 Å². The van der Waals surface area contributed by atoms with Gasteiger partial charge >= 0.3 is 6.18 Å². The highest BCUT2D eigenvalue weighted by Crippen LogP contribution is 2.36. The number of carbonyl (C=O) groups is 1. The summed E-state index contributed by atoms with van der Waals surface area (Å²) >= 11 is 17.4. The quantitative estimate of drug-likeness (QED) is 0.415. The summed E-state index contributed by atoms with van der Waals surface area (Å²) in [5.74, 6) is -0.819. The number of rotatable bonds is 3. The van der Waals surface area contributed by atoms with E-state index in [1.54, 1.807) is 13.0 Å². The summed E-state index contributed by atoms with van der Waals surface area (Å²) in [5, 5.41) is 0.380. The van der Waals surface area contributed by atoms with Crippen LogP contribution in [0.25, 0.3) is 5.57 Å². The molecular weight excluding hydrogens is 384 g/mol. The second-order valence-corrected chi connectivity index (χ2v) is 6.32. The zero-order chi connectivity index (χ0) is 18.1. The lowest BCUT2D eigenvalue weighted by molar-refractivity contribution is -0.0689. The summed E-state index contributed by atoms with van der Waals surface area (Å²) in [5.41, 5.74) is -0.643. The van der Waals surface area contributed by atoms with E-state index in [2.05, 4.69) is 0 Å². The summed E-state index contributed by atoms with van der Waals surface area (Å²) in [4.78, 5) is 12.2. The molecule has 126 valence electrons. The Morgan fingerprint density at radius 1 is 0.958 bits per heavy atom. The highest BCUT2D eigenvalue weighted by Gasteiger charge is 2.35. The third-order valence-electron chi connectivity index (χ3n) is 3.21. The van der Waals surface area contributed by atoms with E-state index in [1.165, 1.54) is 18.2 Å². The van der Waals surface area contributed by atoms with Crippen LogP contribution in [0.5, 0.6) is 0 Å². The third-order valence-corrected chi connectivity index (χ3v) is 4.05. The minimum absolute atomic E-state index is 0.0403. The first-order valence-corrected chi connectivity index (χ1v) is 7.77. The lowest BCUT2D eigenvalue weighted by Gasteiger charge is -2.13. The van der Waals surface area contributed by atoms with E-state index in [4.69, 9.17) is 34.8 Å². The minimum Gasteiger partial charge on any atom is -0.289 e. The second-order valence-electron chi connectivity index (χ2n) is 5.04. The van der Waals surface area contributed by atoms with Gasteiger partial charge in [-0.15, -0.1) is 0 Å². The van der Waals surface area contributed by atoms with Gasteiger partial charge in [0.25, 0.3) is 0 Å². The Hall–Kier alpha value is -1.49. The molecule has 0 aromatic heterocycles. The molecule has 2 aromatic rings. The summed E-state index contributed by atoms with van der Waals surface area (Å²) < 4.78 is 40.1. The Morgan fingerprint density at radius 3 is 2.04 bits per heavy atom. The first-order chi connectivity index (χ1) is 11.1. The fraction of sp³-hybridized carbons (Fsp3) is 0.118. The predicted octanol–water partition coefficient (Wildman–Crippen LogP) is 6.78. The zero-order valence-electron chi connectivity index (χ0n) is 12.2. The first-order valence-electron chi connectivity index (χ1n) is 6.64. The molecule has 0 unspecified atom stereocenters. The fourth-order valence-corrected chi connectivity index (χ4v) is 2.71. The zero-order valence-corrected chi connectivity index (χ0v) is 14.5. The maximum absolute atomic E-state index is 13.4. The molecule has 0 spiro atoms. The van der Waals surface area contributed by atoms with Crippen molar-refractivity contribution in [1.29, 1.82) is 0 Å². The minimum atomic E-state index is -4.75. The van der Waals surface area contributed by atoms with Gasteiger partial charge in [0.05, 0.1) is 5.57 Å². The third kappa shape index (κ3) is 4.53. The number of ketones is 1. The van der Waals surface area contributed by atoms with Crippen LogP contribution in [0.4, 0.5) is 13.2 Å². The van der Waals surface area contributed by atoms with E-state index in [9.17, 15) is 18.0 Å². The number of halogens is 6. The van der Waals surface area contributed by atoms with Crippen molar-refractivity contribution in [3.05, 3.63) is 74.2 Å². The molecule has 0 radical (unpaired) electrons. The fourth-order valence-electron chi connectivity index (χ4n) is 2.00. The molecule has 0 N–H and O–H groups in total. The van der Waals surface area contributed by atoms with Crippen LogP contribution in [0.1, 0.15) is 21.5 Å². The molecule has 0 aliphatic rings. The van der Waals surface area contributed by atoms with Crippen LogP contribution in [0.2, 0.25) is 15.1 Å². The molecule has 2 aromatic carbocycles. The van der Waals surface area contributed by atoms with Crippen LogP contribution < -0.4 is 0 Å². The van der Waals surface area contributed by atoms with Crippen molar-refractivity contribution in [2.24, 2.45) is 0 Å². The van der Waals surface area contributed by atoms with E-state index < -0.39 is 17.5 Å². The van der Waals surface area contributed by atoms with E-state index >= 15 is 0 Å². The normalized spacial score (nSPS) is 12.4. The molecule has 7 heteroatoms. The van der Waals surface area contributed by atoms with Crippen LogP contribution in [0, 0.1) is 6.92 Å². The average Bonchev–Trinajstić information content (AvgIpc) is 2.45. The van der Waals surface area contributed by atoms with Crippen molar-refractivity contribution in [2.45, 2.75) is 13.1 Å². The first kappa shape index (κ1) is 18.8. The highest BCUT2D eigenvalue weighted by atomic mass is 35.5. The molecule has 0 atom stereocenters. The summed E-state index contributed by atoms with van der Waals surface area (Å²) in [6.45, 7) is 1.72. The molecule has 0 saturated carbocycles. The van der Waals surface area contributed by atoms with Crippen LogP contribution in [-0.2, 0) is 0 Å². The number of benzene rings is 2. The monoisotopic (exact) mass is 392 g/mol. The van der Waals surface area contributed by atoms with Crippen molar-refractivity contribution in [3.63, 3.8) is 0 Å². The lowest BCUT2D eigenvalue weighted by atomic mass is 10.0. The highest BCUT2D eigenvalue weighted by molar-refractivity contribution is 6.35. The maximum atomic E-state index is 13.4.